The molecule has 0 amide bonds. The zero-order chi connectivity index (χ0) is 14.0. The van der Waals surface area contributed by atoms with Crippen molar-refractivity contribution in [2.45, 2.75) is 13.0 Å². The molecular weight excluding hydrogens is 283 g/mol. The topological polar surface area (TPSA) is 29.5 Å². The summed E-state index contributed by atoms with van der Waals surface area (Å²) in [6, 6.07) is 10.7. The van der Waals surface area contributed by atoms with E-state index >= 15 is 0 Å². The summed E-state index contributed by atoms with van der Waals surface area (Å²) in [5.41, 5.74) is 2.44. The Morgan fingerprint density at radius 3 is 2.37 bits per heavy atom. The Kier molecular flexibility index (Phi) is 4.35. The lowest BCUT2D eigenvalue weighted by Gasteiger charge is -2.14. The Morgan fingerprint density at radius 1 is 1.05 bits per heavy atom. The van der Waals surface area contributed by atoms with Gasteiger partial charge in [-0.25, -0.2) is 0 Å². The quantitative estimate of drug-likeness (QED) is 0.910. The molecular formula is C15H14Cl2O2. The number of halogens is 2. The van der Waals surface area contributed by atoms with E-state index in [9.17, 15) is 5.11 Å². The predicted molar refractivity (Wildman–Crippen MR) is 78.3 cm³/mol. The average molecular weight is 297 g/mol. The number of aliphatic hydroxyl groups excluding tert-OH is 1. The molecule has 0 heterocycles. The number of methoxy groups -OCH3 is 1. The maximum Gasteiger partial charge on any atom is 0.137 e. The van der Waals surface area contributed by atoms with E-state index in [1.54, 1.807) is 31.4 Å². The van der Waals surface area contributed by atoms with Crippen LogP contribution in [0.3, 0.4) is 0 Å². The van der Waals surface area contributed by atoms with E-state index in [1.165, 1.54) is 0 Å². The smallest absolute Gasteiger partial charge is 0.137 e. The van der Waals surface area contributed by atoms with Crippen LogP contribution in [-0.2, 0) is 0 Å². The lowest BCUT2D eigenvalue weighted by atomic mass is 10.00. The van der Waals surface area contributed by atoms with Gasteiger partial charge in [-0.2, -0.15) is 0 Å². The monoisotopic (exact) mass is 296 g/mol. The maximum absolute atomic E-state index is 10.4. The zero-order valence-electron chi connectivity index (χ0n) is 10.7. The van der Waals surface area contributed by atoms with Crippen LogP contribution in [-0.4, -0.2) is 12.2 Å². The zero-order valence-corrected chi connectivity index (χ0v) is 12.2. The highest BCUT2D eigenvalue weighted by atomic mass is 35.5. The van der Waals surface area contributed by atoms with Gasteiger partial charge in [0.1, 0.15) is 11.9 Å². The summed E-state index contributed by atoms with van der Waals surface area (Å²) in [5, 5.41) is 11.4. The molecule has 2 nitrogen and oxygen atoms in total. The minimum Gasteiger partial charge on any atom is -0.495 e. The van der Waals surface area contributed by atoms with Gasteiger partial charge in [0.2, 0.25) is 0 Å². The maximum atomic E-state index is 10.4. The lowest BCUT2D eigenvalue weighted by Crippen LogP contribution is -2.00. The van der Waals surface area contributed by atoms with Crippen LogP contribution in [0.2, 0.25) is 10.0 Å². The number of ether oxygens (including phenoxy) is 1. The SMILES string of the molecule is COc1ccc(C(O)c2cc(C)cc(Cl)c2)cc1Cl. The lowest BCUT2D eigenvalue weighted by molar-refractivity contribution is 0.220. The van der Waals surface area contributed by atoms with Crippen LogP contribution < -0.4 is 4.74 Å². The van der Waals surface area contributed by atoms with Gasteiger partial charge in [-0.1, -0.05) is 35.3 Å². The first-order chi connectivity index (χ1) is 9.01. The molecule has 0 fully saturated rings. The molecule has 0 aromatic heterocycles. The van der Waals surface area contributed by atoms with E-state index in [-0.39, 0.29) is 0 Å². The van der Waals surface area contributed by atoms with Gasteiger partial charge >= 0.3 is 0 Å². The second-order valence-corrected chi connectivity index (χ2v) is 5.20. The summed E-state index contributed by atoms with van der Waals surface area (Å²) in [7, 11) is 1.55. The Hall–Kier alpha value is -1.22. The molecule has 0 spiro atoms. The summed E-state index contributed by atoms with van der Waals surface area (Å²) >= 11 is 12.1. The summed E-state index contributed by atoms with van der Waals surface area (Å²) in [6.45, 7) is 1.93. The van der Waals surface area contributed by atoms with E-state index < -0.39 is 6.10 Å². The average Bonchev–Trinajstić information content (AvgIpc) is 2.36. The van der Waals surface area contributed by atoms with Crippen molar-refractivity contribution >= 4 is 23.2 Å². The van der Waals surface area contributed by atoms with Gasteiger partial charge in [0.05, 0.1) is 12.1 Å². The summed E-state index contributed by atoms with van der Waals surface area (Å²) in [4.78, 5) is 0. The summed E-state index contributed by atoms with van der Waals surface area (Å²) < 4.78 is 5.09. The molecule has 0 aliphatic carbocycles. The molecule has 2 rings (SSSR count). The largest absolute Gasteiger partial charge is 0.495 e. The minimum absolute atomic E-state index is 0.470. The van der Waals surface area contributed by atoms with Crippen LogP contribution in [0.4, 0.5) is 0 Å². The fourth-order valence-corrected chi connectivity index (χ4v) is 2.53. The minimum atomic E-state index is -0.763. The van der Waals surface area contributed by atoms with Crippen molar-refractivity contribution in [3.8, 4) is 5.75 Å². The third-order valence-electron chi connectivity index (χ3n) is 2.87. The van der Waals surface area contributed by atoms with Gasteiger partial charge < -0.3 is 9.84 Å². The van der Waals surface area contributed by atoms with E-state index in [2.05, 4.69) is 0 Å². The van der Waals surface area contributed by atoms with Gasteiger partial charge in [0.25, 0.3) is 0 Å². The summed E-state index contributed by atoms with van der Waals surface area (Å²) in [5.74, 6) is 0.583. The van der Waals surface area contributed by atoms with Gasteiger partial charge in [0.15, 0.2) is 0 Å². The highest BCUT2D eigenvalue weighted by Gasteiger charge is 2.13. The van der Waals surface area contributed by atoms with Crippen molar-refractivity contribution < 1.29 is 9.84 Å². The molecule has 0 aliphatic heterocycles. The van der Waals surface area contributed by atoms with Crippen LogP contribution in [0, 0.1) is 6.92 Å². The second-order valence-electron chi connectivity index (χ2n) is 4.36. The van der Waals surface area contributed by atoms with Crippen LogP contribution in [0.1, 0.15) is 22.8 Å². The van der Waals surface area contributed by atoms with Crippen LogP contribution in [0.5, 0.6) is 5.75 Å². The van der Waals surface area contributed by atoms with Crippen molar-refractivity contribution in [1.29, 1.82) is 0 Å². The molecule has 1 atom stereocenters. The van der Waals surface area contributed by atoms with Gasteiger partial charge in [-0.3, -0.25) is 0 Å². The van der Waals surface area contributed by atoms with E-state index in [1.807, 2.05) is 19.1 Å². The van der Waals surface area contributed by atoms with Gasteiger partial charge in [0, 0.05) is 5.02 Å². The Labute approximate surface area is 122 Å². The fraction of sp³-hybridized carbons (Fsp3) is 0.200. The van der Waals surface area contributed by atoms with Gasteiger partial charge in [-0.15, -0.1) is 0 Å². The van der Waals surface area contributed by atoms with Crippen LogP contribution in [0.15, 0.2) is 36.4 Å². The number of hydrogen-bond acceptors (Lipinski definition) is 2. The van der Waals surface area contributed by atoms with Crippen molar-refractivity contribution in [1.82, 2.24) is 0 Å². The molecule has 0 radical (unpaired) electrons. The molecule has 1 unspecified atom stereocenters. The Balaban J connectivity index is 2.38. The third kappa shape index (κ3) is 3.21. The molecule has 0 aliphatic rings. The number of aryl methyl sites for hydroxylation is 1. The molecule has 0 saturated heterocycles. The van der Waals surface area contributed by atoms with Crippen molar-refractivity contribution in [3.05, 3.63) is 63.1 Å². The van der Waals surface area contributed by atoms with Crippen molar-refractivity contribution in [2.24, 2.45) is 0 Å². The molecule has 2 aromatic carbocycles. The van der Waals surface area contributed by atoms with Crippen LogP contribution >= 0.6 is 23.2 Å². The van der Waals surface area contributed by atoms with Crippen molar-refractivity contribution in [2.75, 3.05) is 7.11 Å². The van der Waals surface area contributed by atoms with Crippen molar-refractivity contribution in [3.63, 3.8) is 0 Å². The normalized spacial score (nSPS) is 12.3. The van der Waals surface area contributed by atoms with E-state index in [4.69, 9.17) is 27.9 Å². The molecule has 0 saturated carbocycles. The first kappa shape index (κ1) is 14.2. The standard InChI is InChI=1S/C15H14Cl2O2/c1-9-5-11(7-12(16)6-9)15(18)10-3-4-14(19-2)13(17)8-10/h3-8,15,18H,1-2H3. The molecule has 4 heteroatoms. The fourth-order valence-electron chi connectivity index (χ4n) is 1.97. The molecule has 2 aromatic rings. The Morgan fingerprint density at radius 2 is 1.79 bits per heavy atom. The second kappa shape index (κ2) is 5.83. The van der Waals surface area contributed by atoms with E-state index in [0.717, 1.165) is 11.1 Å². The molecule has 100 valence electrons. The molecule has 19 heavy (non-hydrogen) atoms. The van der Waals surface area contributed by atoms with Crippen LogP contribution in [0.25, 0.3) is 0 Å². The first-order valence-electron chi connectivity index (χ1n) is 5.80. The number of benzene rings is 2. The molecule has 1 N–H and O–H groups in total. The van der Waals surface area contributed by atoms with Gasteiger partial charge in [-0.05, 0) is 47.9 Å². The number of rotatable bonds is 3. The Bertz CT molecular complexity index is 576. The number of hydrogen-bond donors (Lipinski definition) is 1. The molecule has 0 bridgehead atoms. The predicted octanol–water partition coefficient (Wildman–Crippen LogP) is 4.39. The summed E-state index contributed by atoms with van der Waals surface area (Å²) in [6.07, 6.45) is -0.763. The highest BCUT2D eigenvalue weighted by molar-refractivity contribution is 6.32. The highest BCUT2D eigenvalue weighted by Crippen LogP contribution is 2.31. The van der Waals surface area contributed by atoms with E-state index in [0.29, 0.717) is 21.4 Å². The number of aliphatic hydroxyl groups is 1. The third-order valence-corrected chi connectivity index (χ3v) is 3.39. The first-order valence-corrected chi connectivity index (χ1v) is 6.55.